The number of carbonyl (C=O) groups is 1. The maximum absolute atomic E-state index is 11.6. The molecule has 200 valence electrons. The van der Waals surface area contributed by atoms with Gasteiger partial charge in [-0.15, -0.1) is 0 Å². The van der Waals surface area contributed by atoms with Crippen molar-refractivity contribution in [3.05, 3.63) is 0 Å². The first-order valence-corrected chi connectivity index (χ1v) is 11.2. The quantitative estimate of drug-likeness (QED) is 0.107. The van der Waals surface area contributed by atoms with Gasteiger partial charge in [0.25, 0.3) is 0 Å². The monoisotopic (exact) mass is 520 g/mol. The number of aliphatic hydroxyl groups is 4. The number of carboxylic acids is 1. The van der Waals surface area contributed by atoms with Crippen LogP contribution >= 0.6 is 0 Å². The average Bonchev–Trinajstić information content (AvgIpc) is 2.69. The fraction of sp³-hybridized carbons (Fsp3) is 0.938. The van der Waals surface area contributed by atoms with Gasteiger partial charge in [-0.05, 0) is 20.8 Å². The number of carboxylic acid groups (broad SMARTS) is 1. The van der Waals surface area contributed by atoms with Crippen LogP contribution in [0.3, 0.4) is 0 Å². The van der Waals surface area contributed by atoms with Gasteiger partial charge in [-0.1, -0.05) is 0 Å². The highest BCUT2D eigenvalue weighted by atomic mass is 32.2. The highest BCUT2D eigenvalue weighted by Crippen LogP contribution is 2.31. The summed E-state index contributed by atoms with van der Waals surface area (Å²) in [6.07, 6.45) is -17.2. The van der Waals surface area contributed by atoms with Crippen molar-refractivity contribution in [3.8, 4) is 0 Å². The second-order valence-corrected chi connectivity index (χ2v) is 9.67. The van der Waals surface area contributed by atoms with E-state index in [0.717, 1.165) is 0 Å². The van der Waals surface area contributed by atoms with E-state index in [0.29, 0.717) is 0 Å². The summed E-state index contributed by atoms with van der Waals surface area (Å²) in [6, 6.07) is -2.00. The van der Waals surface area contributed by atoms with E-state index in [2.05, 4.69) is 9.93 Å². The van der Waals surface area contributed by atoms with E-state index in [9.17, 15) is 48.6 Å². The Morgan fingerprint density at radius 1 is 1.06 bits per heavy atom. The predicted octanol–water partition coefficient (Wildman–Crippen LogP) is -6.53. The van der Waals surface area contributed by atoms with Crippen LogP contribution in [-0.4, -0.2) is 113 Å². The van der Waals surface area contributed by atoms with Crippen molar-refractivity contribution in [1.29, 1.82) is 0 Å². The highest BCUT2D eigenvalue weighted by Gasteiger charge is 2.52. The minimum absolute atomic E-state index is 0.829. The summed E-state index contributed by atoms with van der Waals surface area (Å²) in [5.74, 6) is -1.85. The molecule has 0 aromatic carbocycles. The first kappa shape index (κ1) is 29.1. The number of aliphatic hydroxyl groups excluding tert-OH is 4. The largest absolute Gasteiger partial charge is 0.735 e. The van der Waals surface area contributed by atoms with Crippen LogP contribution < -0.4 is 15.1 Å². The van der Waals surface area contributed by atoms with Gasteiger partial charge in [-0.25, -0.2) is 18.0 Å². The van der Waals surface area contributed by atoms with E-state index in [1.807, 2.05) is 0 Å². The lowest BCUT2D eigenvalue weighted by atomic mass is 9.95. The van der Waals surface area contributed by atoms with Crippen LogP contribution in [0.5, 0.6) is 0 Å². The first-order valence-electron chi connectivity index (χ1n) is 9.77. The third kappa shape index (κ3) is 7.45. The molecule has 0 saturated carbocycles. The summed E-state index contributed by atoms with van der Waals surface area (Å²) >= 11 is 0. The van der Waals surface area contributed by atoms with Gasteiger partial charge in [-0.3, -0.25) is 5.04 Å². The molecular formula is C16H26NO16S-3. The van der Waals surface area contributed by atoms with Crippen LogP contribution in [0, 0.1) is 0 Å². The van der Waals surface area contributed by atoms with E-state index in [-0.39, 0.29) is 0 Å². The molecule has 5 N–H and O–H groups in total. The number of rotatable bonds is 9. The molecule has 4 unspecified atom stereocenters. The maximum Gasteiger partial charge on any atom is 0.187 e. The summed E-state index contributed by atoms with van der Waals surface area (Å²) in [6.45, 7) is 3.80. The summed E-state index contributed by atoms with van der Waals surface area (Å²) in [5.41, 5.74) is -0.983. The van der Waals surface area contributed by atoms with Crippen molar-refractivity contribution in [1.82, 2.24) is 4.72 Å². The molecule has 2 aliphatic rings. The van der Waals surface area contributed by atoms with Crippen molar-refractivity contribution < 1.29 is 77.4 Å². The number of ether oxygens (including phenoxy) is 4. The van der Waals surface area contributed by atoms with E-state index < -0.39 is 89.8 Å². The Hall–Kier alpha value is -1.10. The van der Waals surface area contributed by atoms with Gasteiger partial charge in [0, 0.05) is 0 Å². The molecule has 2 rings (SSSR count). The molecule has 10 atom stereocenters. The summed E-state index contributed by atoms with van der Waals surface area (Å²) in [7, 11) is -5.23. The Morgan fingerprint density at radius 3 is 2.18 bits per heavy atom. The summed E-state index contributed by atoms with van der Waals surface area (Å²) < 4.78 is 55.5. The third-order valence-electron chi connectivity index (χ3n) is 4.81. The predicted molar refractivity (Wildman–Crippen MR) is 95.7 cm³/mol. The highest BCUT2D eigenvalue weighted by molar-refractivity contribution is 7.83. The van der Waals surface area contributed by atoms with Crippen molar-refractivity contribution in [2.75, 3.05) is 6.61 Å². The van der Waals surface area contributed by atoms with Crippen LogP contribution in [0.15, 0.2) is 0 Å². The second-order valence-electron chi connectivity index (χ2n) is 8.53. The second kappa shape index (κ2) is 11.3. The van der Waals surface area contributed by atoms with Gasteiger partial charge in [-0.2, -0.15) is 0 Å². The Morgan fingerprint density at radius 2 is 1.68 bits per heavy atom. The Balaban J connectivity index is 2.30. The topological polar surface area (TPSA) is 269 Å². The van der Waals surface area contributed by atoms with Crippen LogP contribution in [0.1, 0.15) is 20.8 Å². The molecule has 18 heteroatoms. The molecule has 0 amide bonds. The molecule has 0 aromatic rings. The molecule has 2 aliphatic heterocycles. The SMILES string of the molecule is CC(C)(C)O[C@@H]1C(C(=O)[O-])O[C@@H](O[C@@H]2C(COO[O-])O[C@H](O)C(NS(=O)(=O)[O-])[C@@H]2O)C(O)[C@@H]1O. The van der Waals surface area contributed by atoms with E-state index in [1.165, 1.54) is 4.72 Å². The Kier molecular flexibility index (Phi) is 9.69. The molecule has 34 heavy (non-hydrogen) atoms. The van der Waals surface area contributed by atoms with Gasteiger partial charge >= 0.3 is 0 Å². The molecule has 0 aliphatic carbocycles. The third-order valence-corrected chi connectivity index (χ3v) is 5.37. The number of hydrogen-bond donors (Lipinski definition) is 5. The Bertz CT molecular complexity index is 788. The normalized spacial score (nSPS) is 39.7. The maximum atomic E-state index is 11.6. The van der Waals surface area contributed by atoms with E-state index in [1.54, 1.807) is 20.8 Å². The van der Waals surface area contributed by atoms with E-state index in [4.69, 9.17) is 18.9 Å². The van der Waals surface area contributed by atoms with E-state index >= 15 is 0 Å². The first-order chi connectivity index (χ1) is 15.6. The van der Waals surface area contributed by atoms with Gasteiger partial charge < -0.3 is 59.1 Å². The smallest absolute Gasteiger partial charge is 0.187 e. The van der Waals surface area contributed by atoms with Crippen molar-refractivity contribution in [2.24, 2.45) is 0 Å². The Labute approximate surface area is 193 Å². The van der Waals surface area contributed by atoms with Gasteiger partial charge in [0.2, 0.25) is 0 Å². The van der Waals surface area contributed by atoms with Crippen LogP contribution in [0.25, 0.3) is 0 Å². The molecule has 2 saturated heterocycles. The minimum atomic E-state index is -5.23. The summed E-state index contributed by atoms with van der Waals surface area (Å²) in [4.78, 5) is 15.8. The number of nitrogens with one attached hydrogen (secondary N) is 1. The fourth-order valence-corrected chi connectivity index (χ4v) is 4.05. The zero-order chi connectivity index (χ0) is 26.0. The number of carbonyl (C=O) groups excluding carboxylic acids is 1. The molecule has 0 bridgehead atoms. The minimum Gasteiger partial charge on any atom is -0.735 e. The molecule has 0 spiro atoms. The molecule has 0 aromatic heterocycles. The number of hydrogen-bond acceptors (Lipinski definition) is 16. The molecule has 0 radical (unpaired) electrons. The van der Waals surface area contributed by atoms with Crippen molar-refractivity contribution >= 4 is 16.3 Å². The van der Waals surface area contributed by atoms with Crippen molar-refractivity contribution in [3.63, 3.8) is 0 Å². The zero-order valence-corrected chi connectivity index (χ0v) is 18.9. The number of aliphatic carboxylic acids is 1. The van der Waals surface area contributed by atoms with Gasteiger partial charge in [0.1, 0.15) is 55.4 Å². The molecule has 2 fully saturated rings. The van der Waals surface area contributed by atoms with Crippen LogP contribution in [0.2, 0.25) is 0 Å². The van der Waals surface area contributed by atoms with Crippen LogP contribution in [0.4, 0.5) is 0 Å². The zero-order valence-electron chi connectivity index (χ0n) is 18.1. The lowest BCUT2D eigenvalue weighted by Gasteiger charge is -2.48. The van der Waals surface area contributed by atoms with Crippen molar-refractivity contribution in [2.45, 2.75) is 87.7 Å². The summed E-state index contributed by atoms with van der Waals surface area (Å²) in [5, 5.41) is 66.4. The molecule has 2 heterocycles. The van der Waals surface area contributed by atoms with Gasteiger partial charge in [0.05, 0.1) is 11.6 Å². The lowest BCUT2D eigenvalue weighted by Crippen LogP contribution is -2.68. The van der Waals surface area contributed by atoms with Crippen LogP contribution in [-0.2, 0) is 44.0 Å². The standard InChI is InChI=1S/C16H29NO16S/c1-16(2,3)32-11-8(19)9(20)15(31-12(11)13(21)22)30-10-5(4-28-33-24)29-14(23)6(7(10)18)17-34(25,26)27/h5-12,14-15,17-20,23-24H,4H2,1-3H3,(H,21,22)(H,25,26,27)/p-3/t5?,6?,7-,8-,9?,10+,11-,12?,14-,15+/m0/s1. The molecule has 17 nitrogen and oxygen atoms in total. The molecular weight excluding hydrogens is 494 g/mol. The fourth-order valence-electron chi connectivity index (χ4n) is 3.46. The van der Waals surface area contributed by atoms with Gasteiger partial charge in [0.15, 0.2) is 22.9 Å². The lowest BCUT2D eigenvalue weighted by molar-refractivity contribution is -0.801. The average molecular weight is 520 g/mol.